The summed E-state index contributed by atoms with van der Waals surface area (Å²) < 4.78 is 0. The van der Waals surface area contributed by atoms with E-state index in [0.717, 1.165) is 22.3 Å². The molecule has 1 heterocycles. The molecule has 5 rings (SSSR count). The standard InChI is InChI=1S/C32H24N2O2/c33-22-25-11-7-10-24(20-25)21-29-30(19-14-23-8-3-1-4-9-23)34(32(29)36)31(35)28-17-15-27(16-18-28)26-12-5-2-6-13-26/h1-20,29-30H,21H2/b19-14+/t29-,30-/m1/s1. The summed E-state index contributed by atoms with van der Waals surface area (Å²) in [6.45, 7) is 0. The Balaban J connectivity index is 1.40. The Labute approximate surface area is 210 Å². The number of amides is 2. The van der Waals surface area contributed by atoms with E-state index < -0.39 is 0 Å². The van der Waals surface area contributed by atoms with Crippen molar-refractivity contribution in [2.45, 2.75) is 12.5 Å². The number of carbonyl (C=O) groups excluding carboxylic acids is 2. The molecular formula is C32H24N2O2. The summed E-state index contributed by atoms with van der Waals surface area (Å²) in [7, 11) is 0. The van der Waals surface area contributed by atoms with Crippen molar-refractivity contribution in [1.29, 1.82) is 5.26 Å². The molecule has 1 fully saturated rings. The number of imide groups is 1. The van der Waals surface area contributed by atoms with Gasteiger partial charge in [-0.2, -0.15) is 5.26 Å². The van der Waals surface area contributed by atoms with Crippen molar-refractivity contribution in [3.8, 4) is 17.2 Å². The molecule has 174 valence electrons. The monoisotopic (exact) mass is 468 g/mol. The maximum atomic E-state index is 13.4. The van der Waals surface area contributed by atoms with Crippen molar-refractivity contribution in [3.05, 3.63) is 138 Å². The lowest BCUT2D eigenvalue weighted by Crippen LogP contribution is -2.62. The molecule has 2 amide bonds. The van der Waals surface area contributed by atoms with E-state index in [1.165, 1.54) is 4.90 Å². The Bertz CT molecular complexity index is 1450. The van der Waals surface area contributed by atoms with Crippen LogP contribution in [0, 0.1) is 17.2 Å². The molecular weight excluding hydrogens is 444 g/mol. The molecule has 4 aromatic carbocycles. The van der Waals surface area contributed by atoms with E-state index in [-0.39, 0.29) is 23.8 Å². The number of nitrogens with zero attached hydrogens (tertiary/aromatic N) is 2. The molecule has 4 aromatic rings. The third kappa shape index (κ3) is 4.73. The van der Waals surface area contributed by atoms with Crippen LogP contribution in [0.25, 0.3) is 17.2 Å². The molecule has 1 aliphatic rings. The Morgan fingerprint density at radius 1 is 0.833 bits per heavy atom. The van der Waals surface area contributed by atoms with Crippen molar-refractivity contribution in [1.82, 2.24) is 4.90 Å². The molecule has 4 heteroatoms. The van der Waals surface area contributed by atoms with Crippen LogP contribution in [0.5, 0.6) is 0 Å². The Morgan fingerprint density at radius 3 is 2.19 bits per heavy atom. The lowest BCUT2D eigenvalue weighted by molar-refractivity contribution is -0.147. The van der Waals surface area contributed by atoms with E-state index in [0.29, 0.717) is 17.5 Å². The maximum Gasteiger partial charge on any atom is 0.261 e. The number of hydrogen-bond acceptors (Lipinski definition) is 3. The second-order valence-electron chi connectivity index (χ2n) is 8.84. The van der Waals surface area contributed by atoms with E-state index in [1.807, 2.05) is 97.1 Å². The van der Waals surface area contributed by atoms with Gasteiger partial charge in [0.15, 0.2) is 0 Å². The van der Waals surface area contributed by atoms with Crippen LogP contribution in [0.2, 0.25) is 0 Å². The highest BCUT2D eigenvalue weighted by Crippen LogP contribution is 2.33. The van der Waals surface area contributed by atoms with Gasteiger partial charge < -0.3 is 0 Å². The number of hydrogen-bond donors (Lipinski definition) is 0. The minimum atomic E-state index is -0.371. The third-order valence-corrected chi connectivity index (χ3v) is 6.52. The molecule has 4 nitrogen and oxygen atoms in total. The summed E-state index contributed by atoms with van der Waals surface area (Å²) in [5.41, 5.74) is 5.03. The van der Waals surface area contributed by atoms with E-state index in [9.17, 15) is 14.9 Å². The second kappa shape index (κ2) is 10.2. The van der Waals surface area contributed by atoms with Crippen LogP contribution in [-0.2, 0) is 11.2 Å². The van der Waals surface area contributed by atoms with Crippen LogP contribution in [0.15, 0.2) is 115 Å². The van der Waals surface area contributed by atoms with Gasteiger partial charge in [-0.15, -0.1) is 0 Å². The molecule has 0 spiro atoms. The van der Waals surface area contributed by atoms with Gasteiger partial charge in [0.25, 0.3) is 5.91 Å². The molecule has 0 aliphatic carbocycles. The number of likely N-dealkylation sites (tertiary alicyclic amines) is 1. The van der Waals surface area contributed by atoms with Gasteiger partial charge in [-0.05, 0) is 52.9 Å². The highest BCUT2D eigenvalue weighted by Gasteiger charge is 2.49. The third-order valence-electron chi connectivity index (χ3n) is 6.52. The van der Waals surface area contributed by atoms with E-state index in [2.05, 4.69) is 6.07 Å². The van der Waals surface area contributed by atoms with Gasteiger partial charge in [0, 0.05) is 5.56 Å². The van der Waals surface area contributed by atoms with Crippen molar-refractivity contribution in [3.63, 3.8) is 0 Å². The van der Waals surface area contributed by atoms with Crippen molar-refractivity contribution < 1.29 is 9.59 Å². The number of carbonyl (C=O) groups is 2. The fraction of sp³-hybridized carbons (Fsp3) is 0.0938. The summed E-state index contributed by atoms with van der Waals surface area (Å²) in [5.74, 6) is -0.868. The summed E-state index contributed by atoms with van der Waals surface area (Å²) >= 11 is 0. The minimum absolute atomic E-state index is 0.197. The maximum absolute atomic E-state index is 13.4. The normalized spacial score (nSPS) is 17.0. The lowest BCUT2D eigenvalue weighted by Gasteiger charge is -2.44. The van der Waals surface area contributed by atoms with Crippen LogP contribution in [0.4, 0.5) is 0 Å². The summed E-state index contributed by atoms with van der Waals surface area (Å²) in [5, 5.41) is 9.23. The smallest absolute Gasteiger partial charge is 0.261 e. The van der Waals surface area contributed by atoms with Gasteiger partial charge in [0.2, 0.25) is 5.91 Å². The highest BCUT2D eigenvalue weighted by molar-refractivity contribution is 6.10. The predicted octanol–water partition coefficient (Wildman–Crippen LogP) is 6.15. The summed E-state index contributed by atoms with van der Waals surface area (Å²) in [6, 6.07) is 36.2. The fourth-order valence-corrected chi connectivity index (χ4v) is 4.60. The van der Waals surface area contributed by atoms with E-state index in [1.54, 1.807) is 24.3 Å². The molecule has 1 aliphatic heterocycles. The Morgan fingerprint density at radius 2 is 1.50 bits per heavy atom. The van der Waals surface area contributed by atoms with Gasteiger partial charge in [0.05, 0.1) is 23.6 Å². The first-order valence-corrected chi connectivity index (χ1v) is 11.9. The summed E-state index contributed by atoms with van der Waals surface area (Å²) in [4.78, 5) is 28.0. The number of rotatable bonds is 6. The van der Waals surface area contributed by atoms with Crippen LogP contribution in [0.3, 0.4) is 0 Å². The quantitative estimate of drug-likeness (QED) is 0.252. The molecule has 0 aromatic heterocycles. The summed E-state index contributed by atoms with van der Waals surface area (Å²) in [6.07, 6.45) is 4.36. The van der Waals surface area contributed by atoms with E-state index in [4.69, 9.17) is 0 Å². The highest BCUT2D eigenvalue weighted by atomic mass is 16.2. The second-order valence-corrected chi connectivity index (χ2v) is 8.84. The van der Waals surface area contributed by atoms with Crippen molar-refractivity contribution >= 4 is 17.9 Å². The van der Waals surface area contributed by atoms with Crippen LogP contribution >= 0.6 is 0 Å². The number of nitriles is 1. The first kappa shape index (κ1) is 23.0. The zero-order valence-corrected chi connectivity index (χ0v) is 19.6. The van der Waals surface area contributed by atoms with Gasteiger partial charge in [-0.25, -0.2) is 0 Å². The van der Waals surface area contributed by atoms with Gasteiger partial charge in [-0.3, -0.25) is 14.5 Å². The number of β-lactam (4-membered cyclic amide) rings is 1. The first-order valence-electron chi connectivity index (χ1n) is 11.9. The van der Waals surface area contributed by atoms with Crippen LogP contribution in [-0.4, -0.2) is 22.8 Å². The minimum Gasteiger partial charge on any atom is -0.274 e. The fourth-order valence-electron chi connectivity index (χ4n) is 4.60. The Hall–Kier alpha value is -4.75. The van der Waals surface area contributed by atoms with Crippen molar-refractivity contribution in [2.24, 2.45) is 5.92 Å². The number of benzene rings is 4. The molecule has 0 saturated carbocycles. The largest absolute Gasteiger partial charge is 0.274 e. The van der Waals surface area contributed by atoms with Crippen molar-refractivity contribution in [2.75, 3.05) is 0 Å². The predicted molar refractivity (Wildman–Crippen MR) is 141 cm³/mol. The first-order chi connectivity index (χ1) is 17.6. The zero-order chi connectivity index (χ0) is 24.9. The topological polar surface area (TPSA) is 61.2 Å². The SMILES string of the molecule is N#Cc1cccc(C[C@H]2C(=O)N(C(=O)c3ccc(-c4ccccc4)cc3)[C@@H]2/C=C/c2ccccc2)c1. The molecule has 0 radical (unpaired) electrons. The lowest BCUT2D eigenvalue weighted by atomic mass is 9.81. The molecule has 36 heavy (non-hydrogen) atoms. The molecule has 2 atom stereocenters. The van der Waals surface area contributed by atoms with Gasteiger partial charge in [-0.1, -0.05) is 97.1 Å². The zero-order valence-electron chi connectivity index (χ0n) is 19.6. The Kier molecular flexibility index (Phi) is 6.55. The van der Waals surface area contributed by atoms with Crippen LogP contribution < -0.4 is 0 Å². The van der Waals surface area contributed by atoms with Gasteiger partial charge >= 0.3 is 0 Å². The van der Waals surface area contributed by atoms with E-state index >= 15 is 0 Å². The molecule has 1 saturated heterocycles. The van der Waals surface area contributed by atoms with Gasteiger partial charge in [0.1, 0.15) is 0 Å². The van der Waals surface area contributed by atoms with Crippen LogP contribution in [0.1, 0.15) is 27.0 Å². The molecule has 0 unspecified atom stereocenters. The average Bonchev–Trinajstić information content (AvgIpc) is 2.95. The molecule has 0 bridgehead atoms. The molecule has 0 N–H and O–H groups in total. The average molecular weight is 469 g/mol.